The Hall–Kier alpha value is -2.24. The number of carbonyl (C=O) groups is 1. The SMILES string of the molecule is O=C(O)CCc1cnn(-c2ccc(F)cn2)c1. The van der Waals surface area contributed by atoms with Gasteiger partial charge in [-0.25, -0.2) is 14.1 Å². The standard InChI is InChI=1S/C11H10FN3O2/c12-9-2-3-10(13-6-9)15-7-8(5-14-15)1-4-11(16)17/h2-3,5-7H,1,4H2,(H,16,17). The molecule has 0 bridgehead atoms. The highest BCUT2D eigenvalue weighted by Gasteiger charge is 2.04. The van der Waals surface area contributed by atoms with Crippen molar-refractivity contribution in [2.75, 3.05) is 0 Å². The molecule has 5 nitrogen and oxygen atoms in total. The number of carboxylic acid groups (broad SMARTS) is 1. The number of halogens is 1. The number of aliphatic carboxylic acids is 1. The Kier molecular flexibility index (Phi) is 3.13. The van der Waals surface area contributed by atoms with Gasteiger partial charge in [-0.05, 0) is 24.1 Å². The largest absolute Gasteiger partial charge is 0.481 e. The fraction of sp³-hybridized carbons (Fsp3) is 0.182. The van der Waals surface area contributed by atoms with Gasteiger partial charge in [-0.1, -0.05) is 0 Å². The van der Waals surface area contributed by atoms with Gasteiger partial charge in [0, 0.05) is 12.6 Å². The molecule has 2 rings (SSSR count). The van der Waals surface area contributed by atoms with Crippen LogP contribution in [0.25, 0.3) is 5.82 Å². The molecule has 0 fully saturated rings. The molecule has 17 heavy (non-hydrogen) atoms. The molecular formula is C11H10FN3O2. The van der Waals surface area contributed by atoms with Crippen molar-refractivity contribution in [2.45, 2.75) is 12.8 Å². The number of aromatic nitrogens is 3. The van der Waals surface area contributed by atoms with Gasteiger partial charge >= 0.3 is 5.97 Å². The summed E-state index contributed by atoms with van der Waals surface area (Å²) in [5.41, 5.74) is 0.804. The number of nitrogens with zero attached hydrogens (tertiary/aromatic N) is 3. The second-order valence-electron chi connectivity index (χ2n) is 3.52. The van der Waals surface area contributed by atoms with Crippen LogP contribution in [0.2, 0.25) is 0 Å². The summed E-state index contributed by atoms with van der Waals surface area (Å²) < 4.78 is 14.1. The molecule has 2 aromatic heterocycles. The van der Waals surface area contributed by atoms with Crippen LogP contribution in [0.3, 0.4) is 0 Å². The smallest absolute Gasteiger partial charge is 0.303 e. The van der Waals surface area contributed by atoms with Crippen molar-refractivity contribution in [1.29, 1.82) is 0 Å². The van der Waals surface area contributed by atoms with Crippen LogP contribution < -0.4 is 0 Å². The van der Waals surface area contributed by atoms with Gasteiger partial charge in [0.05, 0.1) is 12.4 Å². The van der Waals surface area contributed by atoms with E-state index in [9.17, 15) is 9.18 Å². The summed E-state index contributed by atoms with van der Waals surface area (Å²) in [6.07, 6.45) is 4.84. The fourth-order valence-corrected chi connectivity index (χ4v) is 1.37. The Morgan fingerprint density at radius 1 is 1.41 bits per heavy atom. The van der Waals surface area contributed by atoms with Crippen LogP contribution in [0.4, 0.5) is 4.39 Å². The Balaban J connectivity index is 2.12. The summed E-state index contributed by atoms with van der Waals surface area (Å²) in [5.74, 6) is -0.766. The fourth-order valence-electron chi connectivity index (χ4n) is 1.37. The Bertz CT molecular complexity index is 522. The van der Waals surface area contributed by atoms with Gasteiger partial charge in [-0.3, -0.25) is 4.79 Å². The summed E-state index contributed by atoms with van der Waals surface area (Å²) in [6, 6.07) is 2.80. The van der Waals surface area contributed by atoms with E-state index in [0.29, 0.717) is 12.2 Å². The second kappa shape index (κ2) is 4.73. The molecule has 0 radical (unpaired) electrons. The van der Waals surface area contributed by atoms with E-state index in [-0.39, 0.29) is 6.42 Å². The van der Waals surface area contributed by atoms with E-state index in [2.05, 4.69) is 10.1 Å². The van der Waals surface area contributed by atoms with E-state index >= 15 is 0 Å². The van der Waals surface area contributed by atoms with Crippen molar-refractivity contribution in [2.24, 2.45) is 0 Å². The first kappa shape index (κ1) is 11.3. The molecule has 6 heteroatoms. The third kappa shape index (κ3) is 2.87. The van der Waals surface area contributed by atoms with Crippen LogP contribution in [-0.4, -0.2) is 25.8 Å². The maximum atomic E-state index is 12.7. The molecule has 88 valence electrons. The quantitative estimate of drug-likeness (QED) is 0.870. The van der Waals surface area contributed by atoms with Gasteiger partial charge in [0.25, 0.3) is 0 Å². The van der Waals surface area contributed by atoms with Crippen LogP contribution in [0.5, 0.6) is 0 Å². The van der Waals surface area contributed by atoms with E-state index in [1.54, 1.807) is 12.4 Å². The van der Waals surface area contributed by atoms with Crippen LogP contribution in [0.1, 0.15) is 12.0 Å². The maximum Gasteiger partial charge on any atom is 0.303 e. The van der Waals surface area contributed by atoms with E-state index in [1.807, 2.05) is 0 Å². The van der Waals surface area contributed by atoms with E-state index in [4.69, 9.17) is 5.11 Å². The average Bonchev–Trinajstić information content (AvgIpc) is 2.76. The topological polar surface area (TPSA) is 68.0 Å². The van der Waals surface area contributed by atoms with Gasteiger partial charge < -0.3 is 5.11 Å². The molecule has 0 saturated carbocycles. The molecule has 2 heterocycles. The molecule has 0 amide bonds. The molecule has 0 atom stereocenters. The number of pyridine rings is 1. The minimum Gasteiger partial charge on any atom is -0.481 e. The number of carboxylic acids is 1. The predicted octanol–water partition coefficient (Wildman–Crippen LogP) is 1.42. The summed E-state index contributed by atoms with van der Waals surface area (Å²) in [6.45, 7) is 0. The number of hydrogen-bond donors (Lipinski definition) is 1. The highest BCUT2D eigenvalue weighted by molar-refractivity contribution is 5.67. The third-order valence-corrected chi connectivity index (χ3v) is 2.21. The Labute approximate surface area is 96.5 Å². The lowest BCUT2D eigenvalue weighted by Crippen LogP contribution is -1.98. The molecular weight excluding hydrogens is 225 g/mol. The van der Waals surface area contributed by atoms with Gasteiger partial charge in [0.1, 0.15) is 5.82 Å². The highest BCUT2D eigenvalue weighted by atomic mass is 19.1. The van der Waals surface area contributed by atoms with Crippen molar-refractivity contribution < 1.29 is 14.3 Å². The van der Waals surface area contributed by atoms with Crippen LogP contribution >= 0.6 is 0 Å². The third-order valence-electron chi connectivity index (χ3n) is 2.21. The van der Waals surface area contributed by atoms with Crippen molar-refractivity contribution in [1.82, 2.24) is 14.8 Å². The average molecular weight is 235 g/mol. The lowest BCUT2D eigenvalue weighted by molar-refractivity contribution is -0.136. The molecule has 0 saturated heterocycles. The molecule has 2 aromatic rings. The van der Waals surface area contributed by atoms with Crippen LogP contribution in [0.15, 0.2) is 30.7 Å². The zero-order chi connectivity index (χ0) is 12.3. The van der Waals surface area contributed by atoms with E-state index < -0.39 is 11.8 Å². The summed E-state index contributed by atoms with van der Waals surface area (Å²) in [7, 11) is 0. The summed E-state index contributed by atoms with van der Waals surface area (Å²) in [4.78, 5) is 14.3. The molecule has 0 aliphatic carbocycles. The second-order valence-corrected chi connectivity index (χ2v) is 3.52. The molecule has 0 aliphatic rings. The van der Waals surface area contributed by atoms with Gasteiger partial charge in [-0.15, -0.1) is 0 Å². The summed E-state index contributed by atoms with van der Waals surface area (Å²) >= 11 is 0. The zero-order valence-corrected chi connectivity index (χ0v) is 8.88. The first-order chi connectivity index (χ1) is 8.15. The maximum absolute atomic E-state index is 12.7. The molecule has 0 aliphatic heterocycles. The first-order valence-corrected chi connectivity index (χ1v) is 5.02. The number of hydrogen-bond acceptors (Lipinski definition) is 3. The van der Waals surface area contributed by atoms with Crippen molar-refractivity contribution >= 4 is 5.97 Å². The number of aryl methyl sites for hydroxylation is 1. The zero-order valence-electron chi connectivity index (χ0n) is 8.88. The minimum absolute atomic E-state index is 0.0581. The monoisotopic (exact) mass is 235 g/mol. The minimum atomic E-state index is -0.849. The van der Waals surface area contributed by atoms with Gasteiger partial charge in [0.2, 0.25) is 0 Å². The van der Waals surface area contributed by atoms with Crippen LogP contribution in [-0.2, 0) is 11.2 Å². The highest BCUT2D eigenvalue weighted by Crippen LogP contribution is 2.07. The van der Waals surface area contributed by atoms with Crippen molar-refractivity contribution in [3.63, 3.8) is 0 Å². The molecule has 0 spiro atoms. The Morgan fingerprint density at radius 2 is 2.24 bits per heavy atom. The molecule has 0 aromatic carbocycles. The van der Waals surface area contributed by atoms with Gasteiger partial charge in [-0.2, -0.15) is 5.10 Å². The lowest BCUT2D eigenvalue weighted by Gasteiger charge is -1.98. The van der Waals surface area contributed by atoms with Crippen molar-refractivity contribution in [3.05, 3.63) is 42.1 Å². The van der Waals surface area contributed by atoms with Crippen molar-refractivity contribution in [3.8, 4) is 5.82 Å². The summed E-state index contributed by atoms with van der Waals surface area (Å²) in [5, 5.41) is 12.6. The molecule has 1 N–H and O–H groups in total. The van der Waals surface area contributed by atoms with E-state index in [1.165, 1.54) is 16.8 Å². The van der Waals surface area contributed by atoms with Crippen LogP contribution in [0, 0.1) is 5.82 Å². The normalized spacial score (nSPS) is 10.4. The molecule has 0 unspecified atom stereocenters. The Morgan fingerprint density at radius 3 is 2.88 bits per heavy atom. The number of rotatable bonds is 4. The first-order valence-electron chi connectivity index (χ1n) is 5.02. The van der Waals surface area contributed by atoms with E-state index in [0.717, 1.165) is 11.8 Å². The lowest BCUT2D eigenvalue weighted by atomic mass is 10.2. The van der Waals surface area contributed by atoms with Gasteiger partial charge in [0.15, 0.2) is 5.82 Å². The predicted molar refractivity (Wildman–Crippen MR) is 57.3 cm³/mol.